The van der Waals surface area contributed by atoms with Crippen LogP contribution in [0.4, 0.5) is 0 Å². The van der Waals surface area contributed by atoms with Crippen molar-refractivity contribution in [2.75, 3.05) is 39.3 Å². The predicted molar refractivity (Wildman–Crippen MR) is 95.6 cm³/mol. The largest absolute Gasteiger partial charge is 0.493 e. The van der Waals surface area contributed by atoms with Crippen molar-refractivity contribution in [2.45, 2.75) is 19.8 Å². The first-order valence-electron chi connectivity index (χ1n) is 9.17. The maximum absolute atomic E-state index is 12.3. The number of hydrogen-bond acceptors (Lipinski definition) is 4. The molecule has 0 saturated carbocycles. The summed E-state index contributed by atoms with van der Waals surface area (Å²) in [7, 11) is 0. The van der Waals surface area contributed by atoms with Crippen molar-refractivity contribution in [1.29, 1.82) is 0 Å². The lowest BCUT2D eigenvalue weighted by molar-refractivity contribution is -0.130. The van der Waals surface area contributed by atoms with Crippen LogP contribution in [0.2, 0.25) is 0 Å². The molecule has 2 N–H and O–H groups in total. The number of likely N-dealkylation sites (tertiary alicyclic amines) is 1. The quantitative estimate of drug-likeness (QED) is 0.730. The summed E-state index contributed by atoms with van der Waals surface area (Å²) in [5.41, 5.74) is 0.538. The highest BCUT2D eigenvalue weighted by molar-refractivity contribution is 5.96. The van der Waals surface area contributed by atoms with E-state index in [2.05, 4.69) is 10.6 Å². The van der Waals surface area contributed by atoms with Crippen molar-refractivity contribution in [1.82, 2.24) is 15.5 Å². The fourth-order valence-electron chi connectivity index (χ4n) is 3.69. The zero-order valence-electron chi connectivity index (χ0n) is 14.8. The van der Waals surface area contributed by atoms with Crippen LogP contribution in [0.5, 0.6) is 5.75 Å². The summed E-state index contributed by atoms with van der Waals surface area (Å²) in [5.74, 6) is 1.89. The second-order valence-electron chi connectivity index (χ2n) is 6.77. The zero-order chi connectivity index (χ0) is 17.6. The Morgan fingerprint density at radius 1 is 1.24 bits per heavy atom. The molecule has 2 heterocycles. The first kappa shape index (κ1) is 17.7. The molecule has 0 aromatic heterocycles. The van der Waals surface area contributed by atoms with E-state index in [0.29, 0.717) is 49.1 Å². The van der Waals surface area contributed by atoms with Gasteiger partial charge in [-0.3, -0.25) is 9.59 Å². The van der Waals surface area contributed by atoms with Gasteiger partial charge in [-0.2, -0.15) is 0 Å². The molecule has 1 aromatic rings. The summed E-state index contributed by atoms with van der Waals surface area (Å²) >= 11 is 0. The molecule has 0 aliphatic carbocycles. The number of nitrogens with zero attached hydrogens (tertiary/aromatic N) is 1. The molecule has 3 rings (SSSR count). The van der Waals surface area contributed by atoms with E-state index < -0.39 is 0 Å². The Labute approximate surface area is 148 Å². The second-order valence-corrected chi connectivity index (χ2v) is 6.77. The molecule has 2 atom stereocenters. The van der Waals surface area contributed by atoms with Crippen LogP contribution in [0.3, 0.4) is 0 Å². The van der Waals surface area contributed by atoms with Gasteiger partial charge in [-0.15, -0.1) is 0 Å². The summed E-state index contributed by atoms with van der Waals surface area (Å²) in [6.45, 7) is 6.73. The molecule has 2 amide bonds. The van der Waals surface area contributed by atoms with Crippen LogP contribution in [-0.2, 0) is 4.79 Å². The van der Waals surface area contributed by atoms with Gasteiger partial charge in [0.25, 0.3) is 5.91 Å². The minimum atomic E-state index is -0.154. The molecule has 2 aliphatic heterocycles. The van der Waals surface area contributed by atoms with Crippen LogP contribution in [0.1, 0.15) is 30.1 Å². The number of fused-ring (bicyclic) bond motifs is 1. The van der Waals surface area contributed by atoms with Crippen molar-refractivity contribution < 1.29 is 14.3 Å². The van der Waals surface area contributed by atoms with Gasteiger partial charge < -0.3 is 20.3 Å². The lowest BCUT2D eigenvalue weighted by Gasteiger charge is -2.17. The molecule has 136 valence electrons. The van der Waals surface area contributed by atoms with E-state index in [0.717, 1.165) is 26.2 Å². The van der Waals surface area contributed by atoms with E-state index in [4.69, 9.17) is 4.74 Å². The molecule has 0 bridgehead atoms. The van der Waals surface area contributed by atoms with Crippen molar-refractivity contribution >= 4 is 11.8 Å². The van der Waals surface area contributed by atoms with Gasteiger partial charge in [0.05, 0.1) is 12.2 Å². The van der Waals surface area contributed by atoms with Gasteiger partial charge in [0.15, 0.2) is 0 Å². The van der Waals surface area contributed by atoms with Crippen LogP contribution in [0.25, 0.3) is 0 Å². The van der Waals surface area contributed by atoms with Gasteiger partial charge in [-0.05, 0) is 37.3 Å². The number of rotatable bonds is 7. The van der Waals surface area contributed by atoms with E-state index >= 15 is 0 Å². The van der Waals surface area contributed by atoms with Crippen molar-refractivity contribution in [3.05, 3.63) is 29.8 Å². The number of ether oxygens (including phenoxy) is 1. The van der Waals surface area contributed by atoms with E-state index in [1.165, 1.54) is 0 Å². The summed E-state index contributed by atoms with van der Waals surface area (Å²) in [4.78, 5) is 26.6. The Hall–Kier alpha value is -2.08. The van der Waals surface area contributed by atoms with Gasteiger partial charge >= 0.3 is 0 Å². The SMILES string of the molecule is CCOc1ccccc1C(=O)NCCCC(=O)N1C[C@H]2CNC[C@H]2C1. The number of benzene rings is 1. The van der Waals surface area contributed by atoms with E-state index in [1.807, 2.05) is 24.0 Å². The van der Waals surface area contributed by atoms with Crippen LogP contribution in [0, 0.1) is 11.8 Å². The van der Waals surface area contributed by atoms with Gasteiger partial charge in [0.1, 0.15) is 5.75 Å². The first-order valence-corrected chi connectivity index (χ1v) is 9.17. The smallest absolute Gasteiger partial charge is 0.255 e. The van der Waals surface area contributed by atoms with Gasteiger partial charge in [-0.25, -0.2) is 0 Å². The molecule has 6 nitrogen and oxygen atoms in total. The molecular weight excluding hydrogens is 318 g/mol. The third-order valence-corrected chi connectivity index (χ3v) is 5.03. The molecule has 1 aromatic carbocycles. The van der Waals surface area contributed by atoms with Gasteiger partial charge in [-0.1, -0.05) is 12.1 Å². The lowest BCUT2D eigenvalue weighted by Crippen LogP contribution is -2.32. The van der Waals surface area contributed by atoms with Crippen LogP contribution in [-0.4, -0.2) is 56.0 Å². The molecule has 0 unspecified atom stereocenters. The highest BCUT2D eigenvalue weighted by Gasteiger charge is 2.37. The Balaban J connectivity index is 1.40. The number of carbonyl (C=O) groups excluding carboxylic acids is 2. The molecule has 2 saturated heterocycles. The highest BCUT2D eigenvalue weighted by atomic mass is 16.5. The standard InChI is InChI=1S/C19H27N3O3/c1-2-25-17-7-4-3-6-16(17)19(24)21-9-5-8-18(23)22-12-14-10-20-11-15(14)13-22/h3-4,6-7,14-15,20H,2,5,8-13H2,1H3,(H,21,24)/t14-,15+. The summed E-state index contributed by atoms with van der Waals surface area (Å²) < 4.78 is 5.48. The van der Waals surface area contributed by atoms with Crippen LogP contribution < -0.4 is 15.4 Å². The summed E-state index contributed by atoms with van der Waals surface area (Å²) in [5, 5.41) is 6.27. The number of amides is 2. The topological polar surface area (TPSA) is 70.7 Å². The Kier molecular flexibility index (Phi) is 5.91. The highest BCUT2D eigenvalue weighted by Crippen LogP contribution is 2.26. The van der Waals surface area contributed by atoms with Crippen molar-refractivity contribution in [2.24, 2.45) is 11.8 Å². The number of carbonyl (C=O) groups is 2. The fourth-order valence-corrected chi connectivity index (χ4v) is 3.69. The monoisotopic (exact) mass is 345 g/mol. The van der Waals surface area contributed by atoms with Crippen molar-refractivity contribution in [3.8, 4) is 5.75 Å². The average molecular weight is 345 g/mol. The molecule has 2 fully saturated rings. The van der Waals surface area contributed by atoms with E-state index in [9.17, 15) is 9.59 Å². The van der Waals surface area contributed by atoms with E-state index in [1.54, 1.807) is 12.1 Å². The molecule has 25 heavy (non-hydrogen) atoms. The third kappa shape index (κ3) is 4.31. The zero-order valence-corrected chi connectivity index (χ0v) is 14.8. The molecule has 2 aliphatic rings. The van der Waals surface area contributed by atoms with Crippen LogP contribution >= 0.6 is 0 Å². The van der Waals surface area contributed by atoms with Gasteiger partial charge in [0.2, 0.25) is 5.91 Å². The Morgan fingerprint density at radius 3 is 2.68 bits per heavy atom. The average Bonchev–Trinajstić information content (AvgIpc) is 3.21. The number of nitrogens with one attached hydrogen (secondary N) is 2. The lowest BCUT2D eigenvalue weighted by atomic mass is 10.0. The summed E-state index contributed by atoms with van der Waals surface area (Å²) in [6.07, 6.45) is 1.14. The Morgan fingerprint density at radius 2 is 1.96 bits per heavy atom. The minimum absolute atomic E-state index is 0.154. The first-order chi connectivity index (χ1) is 12.2. The van der Waals surface area contributed by atoms with Crippen molar-refractivity contribution in [3.63, 3.8) is 0 Å². The van der Waals surface area contributed by atoms with E-state index in [-0.39, 0.29) is 11.8 Å². The normalized spacial score (nSPS) is 21.9. The molecule has 6 heteroatoms. The predicted octanol–water partition coefficient (Wildman–Crippen LogP) is 1.27. The van der Waals surface area contributed by atoms with Gasteiger partial charge in [0, 0.05) is 39.1 Å². The maximum Gasteiger partial charge on any atom is 0.255 e. The third-order valence-electron chi connectivity index (χ3n) is 5.03. The fraction of sp³-hybridized carbons (Fsp3) is 0.579. The molecular formula is C19H27N3O3. The number of hydrogen-bond donors (Lipinski definition) is 2. The Bertz CT molecular complexity index is 608. The minimum Gasteiger partial charge on any atom is -0.493 e. The van der Waals surface area contributed by atoms with Crippen LogP contribution in [0.15, 0.2) is 24.3 Å². The number of para-hydroxylation sites is 1. The summed E-state index contributed by atoms with van der Waals surface area (Å²) in [6, 6.07) is 7.21. The maximum atomic E-state index is 12.3. The molecule has 0 spiro atoms. The second kappa shape index (κ2) is 8.34. The molecule has 0 radical (unpaired) electrons.